The third-order valence-corrected chi connectivity index (χ3v) is 2.70. The molecule has 0 bridgehead atoms. The molecule has 0 aliphatic heterocycles. The van der Waals surface area contributed by atoms with Crippen LogP contribution in [0.25, 0.3) is 0 Å². The van der Waals surface area contributed by atoms with E-state index in [1.807, 2.05) is 0 Å². The van der Waals surface area contributed by atoms with Gasteiger partial charge in [0.1, 0.15) is 5.82 Å². The molecular formula is C13H10F4O2. The number of rotatable bonds is 3. The maximum absolute atomic E-state index is 13.7. The molecule has 0 spiro atoms. The second-order valence-electron chi connectivity index (χ2n) is 4.06. The van der Waals surface area contributed by atoms with Crippen LogP contribution in [-0.4, -0.2) is 5.11 Å². The molecule has 0 saturated carbocycles. The molecule has 102 valence electrons. The predicted molar refractivity (Wildman–Crippen MR) is 58.8 cm³/mol. The summed E-state index contributed by atoms with van der Waals surface area (Å²) >= 11 is 0. The van der Waals surface area contributed by atoms with Gasteiger partial charge in [0.05, 0.1) is 24.2 Å². The van der Waals surface area contributed by atoms with E-state index in [0.717, 1.165) is 12.1 Å². The lowest BCUT2D eigenvalue weighted by molar-refractivity contribution is -0.140. The average Bonchev–Trinajstić information content (AvgIpc) is 2.80. The van der Waals surface area contributed by atoms with Crippen LogP contribution in [0.1, 0.15) is 22.8 Å². The first-order chi connectivity index (χ1) is 8.89. The Labute approximate surface area is 106 Å². The van der Waals surface area contributed by atoms with Crippen LogP contribution in [-0.2, 0) is 12.6 Å². The molecule has 2 nitrogen and oxygen atoms in total. The van der Waals surface area contributed by atoms with E-state index in [4.69, 9.17) is 4.42 Å². The van der Waals surface area contributed by atoms with Gasteiger partial charge in [-0.25, -0.2) is 4.39 Å². The lowest BCUT2D eigenvalue weighted by Crippen LogP contribution is -2.12. The van der Waals surface area contributed by atoms with E-state index in [0.29, 0.717) is 11.6 Å². The van der Waals surface area contributed by atoms with Crippen LogP contribution >= 0.6 is 0 Å². The first kappa shape index (κ1) is 13.6. The number of hydrogen-bond acceptors (Lipinski definition) is 2. The van der Waals surface area contributed by atoms with Crippen molar-refractivity contribution < 1.29 is 27.1 Å². The van der Waals surface area contributed by atoms with Gasteiger partial charge in [-0.15, -0.1) is 0 Å². The Bertz CT molecular complexity index is 546. The zero-order chi connectivity index (χ0) is 14.0. The standard InChI is InChI=1S/C13H10F4O2/c14-12-9(2-1-3-10(12)13(15,16)17)11(18)6-8-4-5-19-7-8/h1-5,7,11,18H,6H2. The Morgan fingerprint density at radius 1 is 1.21 bits per heavy atom. The molecule has 6 heteroatoms. The van der Waals surface area contributed by atoms with Gasteiger partial charge in [-0.05, 0) is 17.7 Å². The van der Waals surface area contributed by atoms with E-state index in [-0.39, 0.29) is 12.0 Å². The molecule has 0 aliphatic carbocycles. The smallest absolute Gasteiger partial charge is 0.419 e. The van der Waals surface area contributed by atoms with E-state index in [9.17, 15) is 22.7 Å². The van der Waals surface area contributed by atoms with Gasteiger partial charge >= 0.3 is 6.18 Å². The lowest BCUT2D eigenvalue weighted by Gasteiger charge is -2.15. The van der Waals surface area contributed by atoms with Gasteiger partial charge in [0.15, 0.2) is 0 Å². The van der Waals surface area contributed by atoms with Gasteiger partial charge < -0.3 is 9.52 Å². The largest absolute Gasteiger partial charge is 0.472 e. The molecule has 1 unspecified atom stereocenters. The van der Waals surface area contributed by atoms with Crippen molar-refractivity contribution in [2.24, 2.45) is 0 Å². The zero-order valence-corrected chi connectivity index (χ0v) is 9.62. The Morgan fingerprint density at radius 3 is 2.53 bits per heavy atom. The maximum atomic E-state index is 13.7. The van der Waals surface area contributed by atoms with Crippen molar-refractivity contribution in [3.63, 3.8) is 0 Å². The Kier molecular flexibility index (Phi) is 3.61. The minimum atomic E-state index is -4.78. The predicted octanol–water partition coefficient (Wildman–Crippen LogP) is 3.71. The fourth-order valence-electron chi connectivity index (χ4n) is 1.77. The summed E-state index contributed by atoms with van der Waals surface area (Å²) in [4.78, 5) is 0. The van der Waals surface area contributed by atoms with E-state index in [1.165, 1.54) is 12.5 Å². The minimum Gasteiger partial charge on any atom is -0.472 e. The van der Waals surface area contributed by atoms with Crippen LogP contribution in [0.4, 0.5) is 17.6 Å². The quantitative estimate of drug-likeness (QED) is 0.865. The first-order valence-electron chi connectivity index (χ1n) is 5.44. The first-order valence-corrected chi connectivity index (χ1v) is 5.44. The molecule has 2 rings (SSSR count). The Balaban J connectivity index is 2.30. The number of hydrogen-bond donors (Lipinski definition) is 1. The number of halogens is 4. The molecule has 1 atom stereocenters. The SMILES string of the molecule is OC(Cc1ccoc1)c1cccc(C(F)(F)F)c1F. The maximum Gasteiger partial charge on any atom is 0.419 e. The molecule has 19 heavy (non-hydrogen) atoms. The number of aliphatic hydroxyl groups is 1. The van der Waals surface area contributed by atoms with Crippen LogP contribution in [0, 0.1) is 5.82 Å². The van der Waals surface area contributed by atoms with Gasteiger partial charge in [-0.3, -0.25) is 0 Å². The molecule has 0 saturated heterocycles. The van der Waals surface area contributed by atoms with Crippen molar-refractivity contribution >= 4 is 0 Å². The number of furan rings is 1. The molecule has 1 N–H and O–H groups in total. The number of aliphatic hydroxyl groups excluding tert-OH is 1. The van der Waals surface area contributed by atoms with Crippen LogP contribution in [0.2, 0.25) is 0 Å². The van der Waals surface area contributed by atoms with Gasteiger partial charge in [0.2, 0.25) is 0 Å². The molecule has 0 amide bonds. The average molecular weight is 274 g/mol. The Hall–Kier alpha value is -1.82. The molecule has 1 aromatic carbocycles. The summed E-state index contributed by atoms with van der Waals surface area (Å²) in [6.45, 7) is 0. The van der Waals surface area contributed by atoms with Crippen molar-refractivity contribution in [1.82, 2.24) is 0 Å². The third-order valence-electron chi connectivity index (χ3n) is 2.70. The topological polar surface area (TPSA) is 33.4 Å². The summed E-state index contributed by atoms with van der Waals surface area (Å²) in [5.74, 6) is -1.44. The molecule has 0 aliphatic rings. The highest BCUT2D eigenvalue weighted by Gasteiger charge is 2.35. The summed E-state index contributed by atoms with van der Waals surface area (Å²) in [5, 5.41) is 9.81. The summed E-state index contributed by atoms with van der Waals surface area (Å²) in [6.07, 6.45) is -3.45. The van der Waals surface area contributed by atoms with Gasteiger partial charge in [-0.1, -0.05) is 12.1 Å². The van der Waals surface area contributed by atoms with Crippen molar-refractivity contribution in [2.45, 2.75) is 18.7 Å². The minimum absolute atomic E-state index is 0.0191. The van der Waals surface area contributed by atoms with E-state index in [1.54, 1.807) is 6.07 Å². The summed E-state index contributed by atoms with van der Waals surface area (Å²) in [5.41, 5.74) is -1.18. The summed E-state index contributed by atoms with van der Waals surface area (Å²) < 4.78 is 56.1. The summed E-state index contributed by atoms with van der Waals surface area (Å²) in [7, 11) is 0. The molecule has 0 radical (unpaired) electrons. The summed E-state index contributed by atoms with van der Waals surface area (Å²) in [6, 6.07) is 4.40. The molecule has 0 fully saturated rings. The van der Waals surface area contributed by atoms with Crippen molar-refractivity contribution in [1.29, 1.82) is 0 Å². The number of alkyl halides is 3. The van der Waals surface area contributed by atoms with E-state index >= 15 is 0 Å². The Morgan fingerprint density at radius 2 is 1.95 bits per heavy atom. The lowest BCUT2D eigenvalue weighted by atomic mass is 10.00. The fourth-order valence-corrected chi connectivity index (χ4v) is 1.77. The molecular weight excluding hydrogens is 264 g/mol. The third kappa shape index (κ3) is 2.96. The van der Waals surface area contributed by atoms with Gasteiger partial charge in [-0.2, -0.15) is 13.2 Å². The monoisotopic (exact) mass is 274 g/mol. The zero-order valence-electron chi connectivity index (χ0n) is 9.62. The van der Waals surface area contributed by atoms with Crippen molar-refractivity contribution in [2.75, 3.05) is 0 Å². The fraction of sp³-hybridized carbons (Fsp3) is 0.231. The molecule has 1 aromatic heterocycles. The second-order valence-corrected chi connectivity index (χ2v) is 4.06. The number of benzene rings is 1. The van der Waals surface area contributed by atoms with Crippen LogP contribution in [0.3, 0.4) is 0 Å². The van der Waals surface area contributed by atoms with Crippen molar-refractivity contribution in [3.05, 3.63) is 59.3 Å². The van der Waals surface area contributed by atoms with Gasteiger partial charge in [0.25, 0.3) is 0 Å². The highest BCUT2D eigenvalue weighted by molar-refractivity contribution is 5.30. The highest BCUT2D eigenvalue weighted by Crippen LogP contribution is 2.34. The van der Waals surface area contributed by atoms with Crippen LogP contribution in [0.5, 0.6) is 0 Å². The second kappa shape index (κ2) is 5.05. The van der Waals surface area contributed by atoms with Crippen molar-refractivity contribution in [3.8, 4) is 0 Å². The van der Waals surface area contributed by atoms with E-state index < -0.39 is 23.7 Å². The van der Waals surface area contributed by atoms with Crippen LogP contribution < -0.4 is 0 Å². The van der Waals surface area contributed by atoms with E-state index in [2.05, 4.69) is 0 Å². The molecule has 2 aromatic rings. The normalized spacial score (nSPS) is 13.5. The molecule has 1 heterocycles. The highest BCUT2D eigenvalue weighted by atomic mass is 19.4. The van der Waals surface area contributed by atoms with Crippen LogP contribution in [0.15, 0.2) is 41.2 Å². The van der Waals surface area contributed by atoms with Gasteiger partial charge in [0, 0.05) is 12.0 Å².